The molecule has 3 nitrogen and oxygen atoms in total. The van der Waals surface area contributed by atoms with Gasteiger partial charge in [0.1, 0.15) is 5.02 Å². The van der Waals surface area contributed by atoms with Gasteiger partial charge < -0.3 is 0 Å². The lowest BCUT2D eigenvalue weighted by Crippen LogP contribution is -1.88. The summed E-state index contributed by atoms with van der Waals surface area (Å²) in [6, 6.07) is 4.34. The van der Waals surface area contributed by atoms with Gasteiger partial charge in [0.15, 0.2) is 0 Å². The van der Waals surface area contributed by atoms with Crippen molar-refractivity contribution in [2.24, 2.45) is 0 Å². The van der Waals surface area contributed by atoms with E-state index < -0.39 is 4.92 Å². The summed E-state index contributed by atoms with van der Waals surface area (Å²) < 4.78 is 0. The molecule has 0 N–H and O–H groups in total. The number of benzene rings is 1. The van der Waals surface area contributed by atoms with Gasteiger partial charge in [-0.25, -0.2) is 0 Å². The third-order valence-electron chi connectivity index (χ3n) is 1.21. The summed E-state index contributed by atoms with van der Waals surface area (Å²) in [5.74, 6) is 0. The highest BCUT2D eigenvalue weighted by Crippen LogP contribution is 2.24. The fraction of sp³-hybridized carbons (Fsp3) is 0. The van der Waals surface area contributed by atoms with Crippen molar-refractivity contribution >= 4 is 17.3 Å². The summed E-state index contributed by atoms with van der Waals surface area (Å²) in [6.07, 6.45) is 0. The second-order valence-corrected chi connectivity index (χ2v) is 2.45. The first-order valence-corrected chi connectivity index (χ1v) is 3.25. The molecule has 1 aromatic carbocycles. The van der Waals surface area contributed by atoms with Gasteiger partial charge in [-0.3, -0.25) is 10.1 Å². The van der Waals surface area contributed by atoms with E-state index in [0.29, 0.717) is 5.56 Å². The maximum atomic E-state index is 10.2. The van der Waals surface area contributed by atoms with Gasteiger partial charge in [-0.05, 0) is 18.6 Å². The van der Waals surface area contributed by atoms with Crippen molar-refractivity contribution < 1.29 is 4.92 Å². The molecule has 1 aromatic rings. The lowest BCUT2D eigenvalue weighted by molar-refractivity contribution is -0.384. The molecule has 0 fully saturated rings. The molecule has 0 unspecified atom stereocenters. The van der Waals surface area contributed by atoms with E-state index in [1.165, 1.54) is 12.1 Å². The van der Waals surface area contributed by atoms with E-state index in [0.717, 1.165) is 0 Å². The Morgan fingerprint density at radius 2 is 2.18 bits per heavy atom. The standard InChI is InChI=1S/C7H5ClNO2/c1-5-2-3-7(9(10)11)6(8)4-5/h2-4H,1H2. The molecular formula is C7H5ClNO2. The van der Waals surface area contributed by atoms with Gasteiger partial charge in [-0.1, -0.05) is 17.7 Å². The Bertz CT molecular complexity index is 298. The zero-order valence-electron chi connectivity index (χ0n) is 5.58. The zero-order valence-corrected chi connectivity index (χ0v) is 6.34. The smallest absolute Gasteiger partial charge is 0.258 e. The Morgan fingerprint density at radius 1 is 1.55 bits per heavy atom. The predicted octanol–water partition coefficient (Wildman–Crippen LogP) is 2.43. The van der Waals surface area contributed by atoms with Crippen molar-refractivity contribution in [3.8, 4) is 0 Å². The lowest BCUT2D eigenvalue weighted by atomic mass is 10.2. The van der Waals surface area contributed by atoms with Gasteiger partial charge >= 0.3 is 0 Å². The van der Waals surface area contributed by atoms with E-state index in [9.17, 15) is 10.1 Å². The van der Waals surface area contributed by atoms with E-state index in [1.54, 1.807) is 6.07 Å². The Hall–Kier alpha value is -1.09. The minimum Gasteiger partial charge on any atom is -0.258 e. The predicted molar refractivity (Wildman–Crippen MR) is 42.6 cm³/mol. The Labute approximate surface area is 68.8 Å². The molecule has 0 aliphatic carbocycles. The van der Waals surface area contributed by atoms with Crippen molar-refractivity contribution in [1.29, 1.82) is 0 Å². The van der Waals surface area contributed by atoms with Crippen LogP contribution in [-0.2, 0) is 0 Å². The molecular weight excluding hydrogens is 166 g/mol. The highest BCUT2D eigenvalue weighted by atomic mass is 35.5. The van der Waals surface area contributed by atoms with Crippen LogP contribution < -0.4 is 0 Å². The molecule has 0 heterocycles. The van der Waals surface area contributed by atoms with Crippen molar-refractivity contribution in [1.82, 2.24) is 0 Å². The molecule has 0 aromatic heterocycles. The summed E-state index contributed by atoms with van der Waals surface area (Å²) in [6.45, 7) is 3.57. The van der Waals surface area contributed by atoms with Gasteiger partial charge in [0.05, 0.1) is 4.92 Å². The van der Waals surface area contributed by atoms with Crippen molar-refractivity contribution in [2.45, 2.75) is 0 Å². The molecule has 0 aliphatic heterocycles. The molecule has 0 bridgehead atoms. The SMILES string of the molecule is [CH2]c1ccc([N+](=O)[O-])c(Cl)c1. The first-order valence-electron chi connectivity index (χ1n) is 2.87. The quantitative estimate of drug-likeness (QED) is 0.480. The highest BCUT2D eigenvalue weighted by Gasteiger charge is 2.09. The van der Waals surface area contributed by atoms with Crippen LogP contribution >= 0.6 is 11.6 Å². The number of nitro benzene ring substituents is 1. The number of hydrogen-bond donors (Lipinski definition) is 0. The third-order valence-corrected chi connectivity index (χ3v) is 1.51. The second kappa shape index (κ2) is 2.88. The summed E-state index contributed by atoms with van der Waals surface area (Å²) in [5.41, 5.74) is 0.583. The molecule has 0 aliphatic rings. The lowest BCUT2D eigenvalue weighted by Gasteiger charge is -1.94. The Balaban J connectivity index is 3.20. The molecule has 0 saturated carbocycles. The number of nitro groups is 1. The van der Waals surface area contributed by atoms with E-state index >= 15 is 0 Å². The summed E-state index contributed by atoms with van der Waals surface area (Å²) in [5, 5.41) is 10.4. The monoisotopic (exact) mass is 170 g/mol. The summed E-state index contributed by atoms with van der Waals surface area (Å²) in [4.78, 5) is 9.71. The van der Waals surface area contributed by atoms with Gasteiger partial charge in [0, 0.05) is 6.07 Å². The van der Waals surface area contributed by atoms with Crippen LogP contribution in [0.3, 0.4) is 0 Å². The number of halogens is 1. The van der Waals surface area contributed by atoms with Gasteiger partial charge in [-0.2, -0.15) is 0 Å². The largest absolute Gasteiger partial charge is 0.287 e. The molecule has 0 atom stereocenters. The second-order valence-electron chi connectivity index (χ2n) is 2.04. The summed E-state index contributed by atoms with van der Waals surface area (Å²) in [7, 11) is 0. The van der Waals surface area contributed by atoms with Crippen LogP contribution in [0.1, 0.15) is 5.56 Å². The summed E-state index contributed by atoms with van der Waals surface area (Å²) >= 11 is 5.54. The minimum atomic E-state index is -0.526. The van der Waals surface area contributed by atoms with Gasteiger partial charge in [0.2, 0.25) is 0 Å². The van der Waals surface area contributed by atoms with Crippen molar-refractivity contribution in [2.75, 3.05) is 0 Å². The fourth-order valence-corrected chi connectivity index (χ4v) is 0.971. The van der Waals surface area contributed by atoms with Crippen LogP contribution in [0.2, 0.25) is 5.02 Å². The maximum Gasteiger partial charge on any atom is 0.287 e. The van der Waals surface area contributed by atoms with E-state index in [4.69, 9.17) is 11.6 Å². The van der Waals surface area contributed by atoms with Crippen LogP contribution in [0.25, 0.3) is 0 Å². The first kappa shape index (κ1) is 8.01. The van der Waals surface area contributed by atoms with E-state index in [2.05, 4.69) is 6.92 Å². The minimum absolute atomic E-state index is 0.0842. The topological polar surface area (TPSA) is 43.1 Å². The van der Waals surface area contributed by atoms with Crippen molar-refractivity contribution in [3.05, 3.63) is 45.8 Å². The van der Waals surface area contributed by atoms with Crippen LogP contribution in [0, 0.1) is 17.0 Å². The fourth-order valence-electron chi connectivity index (χ4n) is 0.698. The zero-order chi connectivity index (χ0) is 8.43. The average molecular weight is 171 g/mol. The average Bonchev–Trinajstić information content (AvgIpc) is 1.85. The van der Waals surface area contributed by atoms with Gasteiger partial charge in [-0.15, -0.1) is 0 Å². The Morgan fingerprint density at radius 3 is 2.64 bits per heavy atom. The molecule has 0 spiro atoms. The molecule has 11 heavy (non-hydrogen) atoms. The van der Waals surface area contributed by atoms with Crippen LogP contribution in [0.15, 0.2) is 18.2 Å². The van der Waals surface area contributed by atoms with Gasteiger partial charge in [0.25, 0.3) is 5.69 Å². The highest BCUT2D eigenvalue weighted by molar-refractivity contribution is 6.32. The molecule has 1 radical (unpaired) electrons. The number of hydrogen-bond acceptors (Lipinski definition) is 2. The third kappa shape index (κ3) is 1.68. The molecule has 0 amide bonds. The number of rotatable bonds is 1. The Kier molecular flexibility index (Phi) is 2.10. The first-order chi connectivity index (χ1) is 5.11. The molecule has 4 heteroatoms. The number of nitrogens with zero attached hydrogens (tertiary/aromatic N) is 1. The molecule has 1 rings (SSSR count). The van der Waals surface area contributed by atoms with Crippen molar-refractivity contribution in [3.63, 3.8) is 0 Å². The normalized spacial score (nSPS) is 9.64. The maximum absolute atomic E-state index is 10.2. The molecule has 0 saturated heterocycles. The van der Waals surface area contributed by atoms with E-state index in [-0.39, 0.29) is 10.7 Å². The van der Waals surface area contributed by atoms with Crippen LogP contribution in [0.5, 0.6) is 0 Å². The van der Waals surface area contributed by atoms with Crippen LogP contribution in [-0.4, -0.2) is 4.92 Å². The van der Waals surface area contributed by atoms with E-state index in [1.807, 2.05) is 0 Å². The van der Waals surface area contributed by atoms with Crippen LogP contribution in [0.4, 0.5) is 5.69 Å². The molecule has 57 valence electrons.